The van der Waals surface area contributed by atoms with Gasteiger partial charge in [-0.1, -0.05) is 84.9 Å². The molecular weight excluding hydrogens is 666 g/mol. The van der Waals surface area contributed by atoms with Gasteiger partial charge in [-0.3, -0.25) is 9.97 Å². The van der Waals surface area contributed by atoms with Gasteiger partial charge in [0.25, 0.3) is 0 Å². The van der Waals surface area contributed by atoms with Gasteiger partial charge in [0.05, 0.1) is 11.0 Å². The van der Waals surface area contributed by atoms with Crippen molar-refractivity contribution in [1.29, 1.82) is 0 Å². The first-order valence-corrected chi connectivity index (χ1v) is 17.7. The van der Waals surface area contributed by atoms with Gasteiger partial charge in [-0.15, -0.1) is 5.73 Å². The molecule has 0 unspecified atom stereocenters. The number of fused-ring (bicyclic) bond motifs is 6. The zero-order valence-corrected chi connectivity index (χ0v) is 28.8. The second-order valence-electron chi connectivity index (χ2n) is 13.2. The van der Waals surface area contributed by atoms with E-state index in [1.54, 1.807) is 12.1 Å². The average molecular weight is 694 g/mol. The quantitative estimate of drug-likeness (QED) is 0.133. The fraction of sp³-hybridized carbons (Fsp3) is 0. The summed E-state index contributed by atoms with van der Waals surface area (Å²) in [6.45, 7) is 0. The van der Waals surface area contributed by atoms with Gasteiger partial charge in [0.15, 0.2) is 17.5 Å². The monoisotopic (exact) mass is 693 g/mol. The van der Waals surface area contributed by atoms with E-state index in [-0.39, 0.29) is 5.82 Å². The number of pyridine rings is 2. The van der Waals surface area contributed by atoms with Gasteiger partial charge in [-0.2, -0.15) is 0 Å². The summed E-state index contributed by atoms with van der Waals surface area (Å²) in [5.74, 6) is 1.17. The van der Waals surface area contributed by atoms with Gasteiger partial charge in [-0.25, -0.2) is 19.3 Å². The molecule has 1 aliphatic rings. The Morgan fingerprint density at radius 1 is 0.444 bits per heavy atom. The summed E-state index contributed by atoms with van der Waals surface area (Å²) in [6, 6.07) is 45.7. The lowest BCUT2D eigenvalue weighted by atomic mass is 9.98. The molecule has 3 aromatic heterocycles. The van der Waals surface area contributed by atoms with E-state index in [4.69, 9.17) is 15.0 Å². The molecule has 9 aromatic rings. The Bertz CT molecular complexity index is 3050. The molecule has 0 bridgehead atoms. The van der Waals surface area contributed by atoms with Crippen LogP contribution in [0.15, 0.2) is 164 Å². The molecule has 0 atom stereocenters. The number of allylic oxidation sites excluding steroid dienone is 2. The molecule has 0 saturated heterocycles. The van der Waals surface area contributed by atoms with Crippen LogP contribution in [0.5, 0.6) is 0 Å². The lowest BCUT2D eigenvalue weighted by molar-refractivity contribution is 0.628. The van der Waals surface area contributed by atoms with Crippen LogP contribution in [0.3, 0.4) is 0 Å². The molecule has 6 aromatic carbocycles. The van der Waals surface area contributed by atoms with E-state index >= 15 is 0 Å². The highest BCUT2D eigenvalue weighted by atomic mass is 19.1. The fourth-order valence-corrected chi connectivity index (χ4v) is 7.14. The number of benzene rings is 6. The first-order chi connectivity index (χ1) is 26.6. The van der Waals surface area contributed by atoms with E-state index < -0.39 is 0 Å². The summed E-state index contributed by atoms with van der Waals surface area (Å²) < 4.78 is 14.0. The van der Waals surface area contributed by atoms with Gasteiger partial charge in [0, 0.05) is 50.8 Å². The van der Waals surface area contributed by atoms with Gasteiger partial charge in [0.1, 0.15) is 5.82 Å². The van der Waals surface area contributed by atoms with E-state index in [9.17, 15) is 4.39 Å². The second kappa shape index (κ2) is 13.0. The Labute approximate surface area is 310 Å². The van der Waals surface area contributed by atoms with Crippen LogP contribution >= 0.6 is 0 Å². The van der Waals surface area contributed by atoms with Crippen molar-refractivity contribution in [2.45, 2.75) is 0 Å². The number of aromatic nitrogens is 5. The highest BCUT2D eigenvalue weighted by molar-refractivity contribution is 6.06. The molecule has 1 aliphatic carbocycles. The molecule has 54 heavy (non-hydrogen) atoms. The summed E-state index contributed by atoms with van der Waals surface area (Å²) >= 11 is 0. The number of halogens is 1. The summed E-state index contributed by atoms with van der Waals surface area (Å²) in [6.07, 6.45) is 9.81. The number of hydrogen-bond acceptors (Lipinski definition) is 5. The third-order valence-corrected chi connectivity index (χ3v) is 9.86. The van der Waals surface area contributed by atoms with Crippen LogP contribution < -0.4 is 0 Å². The standard InChI is InChI=1S/C48H28FN5/c49-41-21-18-32(19-22-41)46-52-47(39-9-1-6-34(28-39)33-8-3-13-42-37(26-33)16-14-30-11-4-24-50-44(30)42)54-48(53-46)40-10-2-7-35(29-40)36-20-23-43-38(27-36)17-15-31-12-5-25-51-45(31)43/h1-2,4-29H. The normalized spacial score (nSPS) is 12.2. The minimum absolute atomic E-state index is 0.322. The highest BCUT2D eigenvalue weighted by Crippen LogP contribution is 2.34. The Morgan fingerprint density at radius 3 is 1.81 bits per heavy atom. The summed E-state index contributed by atoms with van der Waals surface area (Å²) in [7, 11) is 0. The van der Waals surface area contributed by atoms with Crippen molar-refractivity contribution < 1.29 is 4.39 Å². The molecule has 3 heterocycles. The van der Waals surface area contributed by atoms with Crippen LogP contribution in [0, 0.1) is 5.82 Å². The van der Waals surface area contributed by atoms with E-state index in [2.05, 4.69) is 101 Å². The maximum absolute atomic E-state index is 14.0. The number of hydrogen-bond donors (Lipinski definition) is 0. The van der Waals surface area contributed by atoms with E-state index in [0.717, 1.165) is 77.1 Å². The Kier molecular flexibility index (Phi) is 7.53. The van der Waals surface area contributed by atoms with Crippen LogP contribution in [-0.2, 0) is 0 Å². The van der Waals surface area contributed by atoms with Crippen LogP contribution in [0.2, 0.25) is 0 Å². The lowest BCUT2D eigenvalue weighted by Gasteiger charge is -2.11. The largest absolute Gasteiger partial charge is 0.256 e. The minimum atomic E-state index is -0.322. The van der Waals surface area contributed by atoms with Crippen molar-refractivity contribution in [1.82, 2.24) is 24.9 Å². The zero-order chi connectivity index (χ0) is 36.0. The van der Waals surface area contributed by atoms with Crippen LogP contribution in [-0.4, -0.2) is 24.9 Å². The van der Waals surface area contributed by atoms with Gasteiger partial charge in [0.2, 0.25) is 0 Å². The first-order valence-electron chi connectivity index (χ1n) is 17.7. The minimum Gasteiger partial charge on any atom is -0.256 e. The predicted molar refractivity (Wildman–Crippen MR) is 216 cm³/mol. The molecular formula is C48H28FN5. The predicted octanol–water partition coefficient (Wildman–Crippen LogP) is 11.7. The van der Waals surface area contributed by atoms with Crippen molar-refractivity contribution >= 4 is 50.3 Å². The first kappa shape index (κ1) is 31.3. The molecule has 0 fully saturated rings. The van der Waals surface area contributed by atoms with E-state index in [1.807, 2.05) is 60.9 Å². The second-order valence-corrected chi connectivity index (χ2v) is 13.2. The van der Waals surface area contributed by atoms with Crippen molar-refractivity contribution in [3.05, 3.63) is 186 Å². The SMILES string of the molecule is Fc1ccc(-c2nc(-c3cccc(C4=Cc5ccc6cccnc6c5C=C=C4)c3)nc(-c3cccc(-c4ccc5c(ccc6cccnc65)c4)c3)n2)cc1. The molecule has 0 saturated carbocycles. The highest BCUT2D eigenvalue weighted by Gasteiger charge is 2.15. The molecule has 0 amide bonds. The van der Waals surface area contributed by atoms with Gasteiger partial charge >= 0.3 is 0 Å². The number of rotatable bonds is 5. The molecule has 10 rings (SSSR count). The Balaban J connectivity index is 1.07. The topological polar surface area (TPSA) is 64.5 Å². The molecule has 0 spiro atoms. The van der Waals surface area contributed by atoms with Gasteiger partial charge in [-0.05, 0) is 106 Å². The third-order valence-electron chi connectivity index (χ3n) is 9.86. The zero-order valence-electron chi connectivity index (χ0n) is 28.8. The molecule has 0 N–H and O–H groups in total. The number of nitrogens with zero attached hydrogens (tertiary/aromatic N) is 5. The Hall–Kier alpha value is -7.40. The molecule has 0 aliphatic heterocycles. The average Bonchev–Trinajstić information content (AvgIpc) is 3.47. The summed E-state index contributed by atoms with van der Waals surface area (Å²) in [5.41, 5.74) is 13.9. The van der Waals surface area contributed by atoms with Crippen LogP contribution in [0.4, 0.5) is 4.39 Å². The molecule has 5 nitrogen and oxygen atoms in total. The third kappa shape index (κ3) is 5.73. The Morgan fingerprint density at radius 2 is 1.04 bits per heavy atom. The maximum atomic E-state index is 14.0. The molecule has 6 heteroatoms. The maximum Gasteiger partial charge on any atom is 0.164 e. The van der Waals surface area contributed by atoms with Crippen molar-refractivity contribution in [3.63, 3.8) is 0 Å². The smallest absolute Gasteiger partial charge is 0.164 e. The van der Waals surface area contributed by atoms with Crippen molar-refractivity contribution in [2.75, 3.05) is 0 Å². The molecule has 252 valence electrons. The molecule has 0 radical (unpaired) electrons. The van der Waals surface area contributed by atoms with Crippen LogP contribution in [0.1, 0.15) is 16.7 Å². The lowest BCUT2D eigenvalue weighted by Crippen LogP contribution is -2.00. The van der Waals surface area contributed by atoms with Crippen molar-refractivity contribution in [2.24, 2.45) is 0 Å². The van der Waals surface area contributed by atoms with Crippen molar-refractivity contribution in [3.8, 4) is 45.3 Å². The van der Waals surface area contributed by atoms with Crippen LogP contribution in [0.25, 0.3) is 95.6 Å². The summed E-state index contributed by atoms with van der Waals surface area (Å²) in [4.78, 5) is 24.2. The van der Waals surface area contributed by atoms with Gasteiger partial charge < -0.3 is 0 Å². The summed E-state index contributed by atoms with van der Waals surface area (Å²) in [5, 5.41) is 4.43. The van der Waals surface area contributed by atoms with E-state index in [0.29, 0.717) is 23.0 Å². The van der Waals surface area contributed by atoms with E-state index in [1.165, 1.54) is 12.1 Å². The fourth-order valence-electron chi connectivity index (χ4n) is 7.14.